The third-order valence-electron chi connectivity index (χ3n) is 2.99. The minimum atomic E-state index is -0.755. The second kappa shape index (κ2) is 8.16. The minimum Gasteiger partial charge on any atom is -0.492 e. The number of hydrogen-bond acceptors (Lipinski definition) is 7. The largest absolute Gasteiger partial charge is 0.492 e. The molecule has 0 unspecified atom stereocenters. The number of aromatic amines is 1. The van der Waals surface area contributed by atoms with Crippen molar-refractivity contribution in [3.8, 4) is 5.88 Å². The maximum absolute atomic E-state index is 12.0. The molecule has 0 saturated carbocycles. The Bertz CT molecular complexity index is 927. The number of amides is 3. The van der Waals surface area contributed by atoms with Gasteiger partial charge in [0.05, 0.1) is 17.0 Å². The van der Waals surface area contributed by atoms with E-state index in [1.54, 1.807) is 12.1 Å². The average Bonchev–Trinajstić information content (AvgIpc) is 2.56. The van der Waals surface area contributed by atoms with Gasteiger partial charge in [-0.3, -0.25) is 24.2 Å². The molecule has 26 heavy (non-hydrogen) atoms. The first-order valence-electron chi connectivity index (χ1n) is 7.20. The lowest BCUT2D eigenvalue weighted by molar-refractivity contribution is -0.114. The molecule has 0 aliphatic rings. The Hall–Kier alpha value is -3.34. The van der Waals surface area contributed by atoms with Crippen LogP contribution in [0.5, 0.6) is 5.88 Å². The molecule has 136 valence electrons. The molecule has 0 spiro atoms. The lowest BCUT2D eigenvalue weighted by atomic mass is 10.1. The first-order chi connectivity index (χ1) is 12.3. The number of nitrogens with zero attached hydrogens (tertiary/aromatic N) is 1. The normalized spacial score (nSPS) is 10.2. The van der Waals surface area contributed by atoms with Crippen molar-refractivity contribution in [1.82, 2.24) is 9.97 Å². The Morgan fingerprint density at radius 2 is 1.96 bits per heavy atom. The van der Waals surface area contributed by atoms with Crippen LogP contribution < -0.4 is 21.9 Å². The number of anilines is 2. The third kappa shape index (κ3) is 4.83. The number of aromatic hydroxyl groups is 1. The van der Waals surface area contributed by atoms with E-state index in [-0.39, 0.29) is 27.8 Å². The molecule has 0 aliphatic heterocycles. The molecule has 1 aromatic carbocycles. The van der Waals surface area contributed by atoms with Crippen molar-refractivity contribution in [2.24, 2.45) is 5.73 Å². The highest BCUT2D eigenvalue weighted by atomic mass is 32.2. The number of primary amides is 1. The summed E-state index contributed by atoms with van der Waals surface area (Å²) in [6.45, 7) is 1.18. The van der Waals surface area contributed by atoms with Crippen LogP contribution in [0.25, 0.3) is 0 Å². The van der Waals surface area contributed by atoms with Gasteiger partial charge in [-0.25, -0.2) is 0 Å². The lowest BCUT2D eigenvalue weighted by Gasteiger charge is -2.09. The molecule has 2 aromatic rings. The first-order valence-corrected chi connectivity index (χ1v) is 8.19. The molecule has 0 saturated heterocycles. The number of hydrogen-bond donors (Lipinski definition) is 5. The standard InChI is InChI=1S/C15H15N5O5S/c1-7(21)17-11-13(24)19-15(20-14(11)25)26-6-10(22)18-9-5-3-2-4-8(9)12(16)23/h2-5H,6H2,1H3,(H2,16,23)(H,17,21)(H,18,22)(H2,19,20,24,25). The van der Waals surface area contributed by atoms with Crippen LogP contribution in [-0.4, -0.2) is 38.5 Å². The van der Waals surface area contributed by atoms with Crippen molar-refractivity contribution in [1.29, 1.82) is 0 Å². The highest BCUT2D eigenvalue weighted by Crippen LogP contribution is 2.20. The quantitative estimate of drug-likeness (QED) is 0.355. The zero-order chi connectivity index (χ0) is 19.3. The molecule has 11 heteroatoms. The van der Waals surface area contributed by atoms with Gasteiger partial charge >= 0.3 is 0 Å². The maximum Gasteiger partial charge on any atom is 0.279 e. The van der Waals surface area contributed by atoms with Gasteiger partial charge in [-0.15, -0.1) is 0 Å². The van der Waals surface area contributed by atoms with Gasteiger partial charge in [0.1, 0.15) is 0 Å². The molecule has 0 aliphatic carbocycles. The fraction of sp³-hybridized carbons (Fsp3) is 0.133. The van der Waals surface area contributed by atoms with E-state index in [0.29, 0.717) is 0 Å². The molecule has 1 heterocycles. The van der Waals surface area contributed by atoms with Crippen LogP contribution in [0, 0.1) is 0 Å². The summed E-state index contributed by atoms with van der Waals surface area (Å²) in [5, 5.41) is 14.4. The number of para-hydroxylation sites is 1. The fourth-order valence-corrected chi connectivity index (χ4v) is 2.58. The van der Waals surface area contributed by atoms with E-state index in [0.717, 1.165) is 11.8 Å². The predicted molar refractivity (Wildman–Crippen MR) is 95.1 cm³/mol. The van der Waals surface area contributed by atoms with Gasteiger partial charge in [-0.05, 0) is 12.1 Å². The van der Waals surface area contributed by atoms with Crippen molar-refractivity contribution in [2.75, 3.05) is 16.4 Å². The number of rotatable bonds is 6. The molecule has 0 atom stereocenters. The van der Waals surface area contributed by atoms with Crippen molar-refractivity contribution in [2.45, 2.75) is 12.1 Å². The SMILES string of the molecule is CC(=O)Nc1c(O)nc(SCC(=O)Nc2ccccc2C(N)=O)[nH]c1=O. The molecule has 2 rings (SSSR count). The predicted octanol–water partition coefficient (Wildman–Crippen LogP) is 0.264. The molecular weight excluding hydrogens is 362 g/mol. The number of thioether (sulfide) groups is 1. The zero-order valence-electron chi connectivity index (χ0n) is 13.5. The van der Waals surface area contributed by atoms with Crippen LogP contribution in [0.2, 0.25) is 0 Å². The minimum absolute atomic E-state index is 0.0139. The van der Waals surface area contributed by atoms with Crippen molar-refractivity contribution in [3.63, 3.8) is 0 Å². The molecule has 0 fully saturated rings. The van der Waals surface area contributed by atoms with E-state index < -0.39 is 29.2 Å². The Labute approximate surface area is 151 Å². The van der Waals surface area contributed by atoms with Crippen molar-refractivity contribution >= 4 is 40.9 Å². The van der Waals surface area contributed by atoms with Crippen LogP contribution in [0.15, 0.2) is 34.2 Å². The molecule has 1 aromatic heterocycles. The molecule has 6 N–H and O–H groups in total. The average molecular weight is 377 g/mol. The molecular formula is C15H15N5O5S. The topological polar surface area (TPSA) is 167 Å². The van der Waals surface area contributed by atoms with Gasteiger partial charge in [0.15, 0.2) is 10.8 Å². The maximum atomic E-state index is 12.0. The molecule has 10 nitrogen and oxygen atoms in total. The van der Waals surface area contributed by atoms with Crippen LogP contribution >= 0.6 is 11.8 Å². The number of benzene rings is 1. The summed E-state index contributed by atoms with van der Waals surface area (Å²) in [6, 6.07) is 6.24. The summed E-state index contributed by atoms with van der Waals surface area (Å²) in [6.07, 6.45) is 0. The van der Waals surface area contributed by atoms with Crippen LogP contribution in [0.1, 0.15) is 17.3 Å². The number of nitrogens with one attached hydrogen (secondary N) is 3. The summed E-state index contributed by atoms with van der Waals surface area (Å²) in [4.78, 5) is 52.2. The summed E-state index contributed by atoms with van der Waals surface area (Å²) < 4.78 is 0. The zero-order valence-corrected chi connectivity index (χ0v) is 14.3. The van der Waals surface area contributed by atoms with E-state index in [2.05, 4.69) is 20.6 Å². The van der Waals surface area contributed by atoms with Crippen LogP contribution in [-0.2, 0) is 9.59 Å². The Morgan fingerprint density at radius 3 is 2.58 bits per heavy atom. The summed E-state index contributed by atoms with van der Waals surface area (Å²) >= 11 is 0.850. The first kappa shape index (κ1) is 19.0. The number of carbonyl (C=O) groups excluding carboxylic acids is 3. The van der Waals surface area contributed by atoms with E-state index in [4.69, 9.17) is 5.73 Å². The summed E-state index contributed by atoms with van der Waals surface area (Å²) in [7, 11) is 0. The number of carbonyl (C=O) groups is 3. The van der Waals surface area contributed by atoms with Crippen LogP contribution in [0.4, 0.5) is 11.4 Å². The van der Waals surface area contributed by atoms with Crippen molar-refractivity contribution < 1.29 is 19.5 Å². The number of aromatic nitrogens is 2. The van der Waals surface area contributed by atoms with E-state index in [1.807, 2.05) is 0 Å². The van der Waals surface area contributed by atoms with E-state index >= 15 is 0 Å². The Balaban J connectivity index is 2.05. The monoisotopic (exact) mass is 377 g/mol. The third-order valence-corrected chi connectivity index (χ3v) is 3.86. The molecule has 0 bridgehead atoms. The summed E-state index contributed by atoms with van der Waals surface area (Å²) in [5.41, 5.74) is 4.53. The smallest absolute Gasteiger partial charge is 0.279 e. The summed E-state index contributed by atoms with van der Waals surface area (Å²) in [5.74, 6) is -2.52. The molecule has 0 radical (unpaired) electrons. The van der Waals surface area contributed by atoms with Gasteiger partial charge in [0.2, 0.25) is 17.7 Å². The van der Waals surface area contributed by atoms with Gasteiger partial charge < -0.3 is 21.5 Å². The second-order valence-corrected chi connectivity index (χ2v) is 5.96. The highest BCUT2D eigenvalue weighted by Gasteiger charge is 2.14. The van der Waals surface area contributed by atoms with Gasteiger partial charge in [-0.2, -0.15) is 4.98 Å². The van der Waals surface area contributed by atoms with Gasteiger partial charge in [-0.1, -0.05) is 23.9 Å². The van der Waals surface area contributed by atoms with Crippen LogP contribution in [0.3, 0.4) is 0 Å². The Morgan fingerprint density at radius 1 is 1.27 bits per heavy atom. The van der Waals surface area contributed by atoms with E-state index in [1.165, 1.54) is 19.1 Å². The second-order valence-electron chi connectivity index (χ2n) is 5.00. The van der Waals surface area contributed by atoms with Crippen molar-refractivity contribution in [3.05, 3.63) is 40.2 Å². The number of H-pyrrole nitrogens is 1. The fourth-order valence-electron chi connectivity index (χ4n) is 1.93. The highest BCUT2D eigenvalue weighted by molar-refractivity contribution is 7.99. The Kier molecular flexibility index (Phi) is 5.96. The molecule has 3 amide bonds. The van der Waals surface area contributed by atoms with Gasteiger partial charge in [0.25, 0.3) is 11.5 Å². The van der Waals surface area contributed by atoms with E-state index in [9.17, 15) is 24.3 Å². The lowest BCUT2D eigenvalue weighted by Crippen LogP contribution is -2.21. The van der Waals surface area contributed by atoms with Gasteiger partial charge in [0, 0.05) is 6.92 Å². The number of nitrogens with two attached hydrogens (primary N) is 1.